The number of nitrogens with zero attached hydrogens (tertiary/aromatic N) is 2. The van der Waals surface area contributed by atoms with Gasteiger partial charge in [0.05, 0.1) is 0 Å². The van der Waals surface area contributed by atoms with E-state index in [4.69, 9.17) is 0 Å². The maximum atomic E-state index is 14.0. The molecule has 0 radical (unpaired) electrons. The predicted molar refractivity (Wildman–Crippen MR) is 92.8 cm³/mol. The van der Waals surface area contributed by atoms with Gasteiger partial charge >= 0.3 is 0 Å². The normalized spacial score (nSPS) is 24.5. The zero-order chi connectivity index (χ0) is 17.2. The molecule has 4 nitrogen and oxygen atoms in total. The van der Waals surface area contributed by atoms with Crippen molar-refractivity contribution in [1.29, 1.82) is 0 Å². The molecular weight excluding hydrogens is 326 g/mol. The van der Waals surface area contributed by atoms with Crippen molar-refractivity contribution in [1.82, 2.24) is 9.21 Å². The molecule has 0 bridgehead atoms. The smallest absolute Gasteiger partial charge is 0.246 e. The lowest BCUT2D eigenvalue weighted by Crippen LogP contribution is -2.40. The van der Waals surface area contributed by atoms with Crippen LogP contribution in [0.1, 0.15) is 39.0 Å². The zero-order valence-electron chi connectivity index (χ0n) is 14.3. The summed E-state index contributed by atoms with van der Waals surface area (Å²) in [7, 11) is -3.74. The van der Waals surface area contributed by atoms with E-state index in [0.29, 0.717) is 6.54 Å². The molecular formula is C18H27FN2O2S. The van der Waals surface area contributed by atoms with Crippen LogP contribution in [0.4, 0.5) is 4.39 Å². The minimum Gasteiger partial charge on any atom is -0.303 e. The Balaban J connectivity index is 1.66. The fraction of sp³-hybridized carbons (Fsp3) is 0.667. The molecule has 2 saturated heterocycles. The number of rotatable bonds is 5. The Morgan fingerprint density at radius 3 is 2.54 bits per heavy atom. The topological polar surface area (TPSA) is 40.6 Å². The molecule has 0 N–H and O–H groups in total. The van der Waals surface area contributed by atoms with Crippen molar-refractivity contribution in [2.75, 3.05) is 26.2 Å². The largest absolute Gasteiger partial charge is 0.303 e. The highest BCUT2D eigenvalue weighted by Gasteiger charge is 2.36. The van der Waals surface area contributed by atoms with E-state index in [-0.39, 0.29) is 10.9 Å². The van der Waals surface area contributed by atoms with Gasteiger partial charge < -0.3 is 4.90 Å². The minimum atomic E-state index is -3.74. The van der Waals surface area contributed by atoms with E-state index in [9.17, 15) is 12.8 Å². The molecule has 0 saturated carbocycles. The van der Waals surface area contributed by atoms with Crippen LogP contribution < -0.4 is 0 Å². The van der Waals surface area contributed by atoms with Gasteiger partial charge in [-0.3, -0.25) is 0 Å². The van der Waals surface area contributed by atoms with Crippen molar-refractivity contribution in [2.45, 2.75) is 50.0 Å². The van der Waals surface area contributed by atoms with Gasteiger partial charge in [0.25, 0.3) is 0 Å². The van der Waals surface area contributed by atoms with Crippen LogP contribution in [0.5, 0.6) is 0 Å². The Morgan fingerprint density at radius 2 is 1.83 bits per heavy atom. The molecule has 0 amide bonds. The number of likely N-dealkylation sites (tertiary alicyclic amines) is 1. The second kappa shape index (κ2) is 7.50. The van der Waals surface area contributed by atoms with Crippen molar-refractivity contribution >= 4 is 10.0 Å². The fourth-order valence-corrected chi connectivity index (χ4v) is 5.60. The van der Waals surface area contributed by atoms with Crippen LogP contribution in [0.25, 0.3) is 0 Å². The monoisotopic (exact) mass is 353 g/mol. The third kappa shape index (κ3) is 3.81. The average molecular weight is 353 g/mol. The molecule has 1 aromatic rings. The SMILES string of the molecule is CC1CCN(CC[C@H]2CCCN2S(=O)(=O)c2ccccc2[18F])CC1. The Labute approximate surface area is 144 Å². The molecule has 0 unspecified atom stereocenters. The second-order valence-electron chi connectivity index (χ2n) is 7.16. The number of benzene rings is 1. The highest BCUT2D eigenvalue weighted by molar-refractivity contribution is 7.89. The molecule has 2 fully saturated rings. The number of hydrogen-bond acceptors (Lipinski definition) is 3. The lowest BCUT2D eigenvalue weighted by Gasteiger charge is -2.32. The third-order valence-corrected chi connectivity index (χ3v) is 7.39. The van der Waals surface area contributed by atoms with Crippen LogP contribution in [0.15, 0.2) is 29.2 Å². The second-order valence-corrected chi connectivity index (χ2v) is 9.01. The number of hydrogen-bond donors (Lipinski definition) is 0. The van der Waals surface area contributed by atoms with Gasteiger partial charge in [0, 0.05) is 12.6 Å². The first-order chi connectivity index (χ1) is 11.5. The van der Waals surface area contributed by atoms with E-state index in [1.54, 1.807) is 6.07 Å². The molecule has 134 valence electrons. The summed E-state index contributed by atoms with van der Waals surface area (Å²) in [5.74, 6) is 0.138. The summed E-state index contributed by atoms with van der Waals surface area (Å²) in [5.41, 5.74) is 0. The van der Waals surface area contributed by atoms with Gasteiger partial charge in [-0.1, -0.05) is 19.1 Å². The number of halogens is 1. The molecule has 1 atom stereocenters. The first-order valence-corrected chi connectivity index (χ1v) is 10.4. The number of piperidine rings is 1. The van der Waals surface area contributed by atoms with Crippen LogP contribution in [-0.4, -0.2) is 49.8 Å². The summed E-state index contributed by atoms with van der Waals surface area (Å²) in [6.07, 6.45) is 5.01. The van der Waals surface area contributed by atoms with E-state index in [1.165, 1.54) is 35.3 Å². The fourth-order valence-electron chi connectivity index (χ4n) is 3.81. The summed E-state index contributed by atoms with van der Waals surface area (Å²) in [5, 5.41) is 0. The average Bonchev–Trinajstić information content (AvgIpc) is 3.04. The van der Waals surface area contributed by atoms with Gasteiger partial charge in [0.15, 0.2) is 0 Å². The van der Waals surface area contributed by atoms with Gasteiger partial charge in [-0.2, -0.15) is 4.31 Å². The summed E-state index contributed by atoms with van der Waals surface area (Å²) in [4.78, 5) is 2.25. The van der Waals surface area contributed by atoms with E-state index in [0.717, 1.165) is 44.8 Å². The summed E-state index contributed by atoms with van der Waals surface area (Å²) >= 11 is 0. The van der Waals surface area contributed by atoms with E-state index in [2.05, 4.69) is 11.8 Å². The molecule has 0 aliphatic carbocycles. The predicted octanol–water partition coefficient (Wildman–Crippen LogP) is 3.10. The first kappa shape index (κ1) is 17.8. The van der Waals surface area contributed by atoms with Gasteiger partial charge in [-0.15, -0.1) is 0 Å². The quantitative estimate of drug-likeness (QED) is 0.817. The van der Waals surface area contributed by atoms with Gasteiger partial charge in [0.2, 0.25) is 10.0 Å². The highest BCUT2D eigenvalue weighted by Crippen LogP contribution is 2.29. The maximum Gasteiger partial charge on any atom is 0.246 e. The van der Waals surface area contributed by atoms with E-state index in [1.807, 2.05) is 0 Å². The maximum absolute atomic E-state index is 14.0. The third-order valence-electron chi connectivity index (χ3n) is 5.40. The minimum absolute atomic E-state index is 0.00560. The van der Waals surface area contributed by atoms with Crippen LogP contribution >= 0.6 is 0 Å². The van der Waals surface area contributed by atoms with Gasteiger partial charge in [-0.25, -0.2) is 12.8 Å². The van der Waals surface area contributed by atoms with Crippen molar-refractivity contribution < 1.29 is 12.8 Å². The summed E-state index contributed by atoms with van der Waals surface area (Å²) < 4.78 is 41.2. The van der Waals surface area contributed by atoms with Crippen molar-refractivity contribution in [3.63, 3.8) is 0 Å². The zero-order valence-corrected chi connectivity index (χ0v) is 15.1. The van der Waals surface area contributed by atoms with Crippen molar-refractivity contribution in [2.24, 2.45) is 5.92 Å². The molecule has 6 heteroatoms. The molecule has 1 aromatic carbocycles. The molecule has 2 aliphatic rings. The van der Waals surface area contributed by atoms with Crippen LogP contribution in [-0.2, 0) is 10.0 Å². The molecule has 24 heavy (non-hydrogen) atoms. The first-order valence-electron chi connectivity index (χ1n) is 8.97. The molecule has 3 rings (SSSR count). The molecule has 0 spiro atoms. The Hall–Kier alpha value is -0.980. The highest BCUT2D eigenvalue weighted by atomic mass is 32.2. The molecule has 0 aromatic heterocycles. The van der Waals surface area contributed by atoms with Crippen LogP contribution in [0, 0.1) is 11.7 Å². The Bertz CT molecular complexity index is 657. The summed E-state index contributed by atoms with van der Waals surface area (Å²) in [6.45, 7) is 5.93. The van der Waals surface area contributed by atoms with Crippen LogP contribution in [0.2, 0.25) is 0 Å². The lowest BCUT2D eigenvalue weighted by atomic mass is 9.99. The Kier molecular flexibility index (Phi) is 5.57. The van der Waals surface area contributed by atoms with Gasteiger partial charge in [-0.05, 0) is 69.8 Å². The van der Waals surface area contributed by atoms with Gasteiger partial charge in [0.1, 0.15) is 10.7 Å². The van der Waals surface area contributed by atoms with Crippen LogP contribution in [0.3, 0.4) is 0 Å². The van der Waals surface area contributed by atoms with E-state index < -0.39 is 15.8 Å². The van der Waals surface area contributed by atoms with Crippen molar-refractivity contribution in [3.05, 3.63) is 30.1 Å². The standard InChI is InChI=1S/C18H27FN2O2S/c1-15-8-12-20(13-9-15)14-10-16-5-4-11-21(16)24(22,23)18-7-3-2-6-17(18)19/h2-3,6-7,15-16H,4-5,8-14H2,1H3/t16-/m1/s1/i19-1. The molecule has 2 heterocycles. The molecule has 2 aliphatic heterocycles. The Morgan fingerprint density at radius 1 is 1.12 bits per heavy atom. The van der Waals surface area contributed by atoms with E-state index >= 15 is 0 Å². The lowest BCUT2D eigenvalue weighted by molar-refractivity contribution is 0.179. The van der Waals surface area contributed by atoms with Crippen molar-refractivity contribution in [3.8, 4) is 0 Å². The summed E-state index contributed by atoms with van der Waals surface area (Å²) in [6, 6.07) is 5.68. The number of sulfonamides is 1.